The molecule has 3 heteroatoms. The molecule has 126 valence electrons. The zero-order chi connectivity index (χ0) is 18.0. The Labute approximate surface area is 148 Å². The lowest BCUT2D eigenvalue weighted by atomic mass is 9.94. The van der Waals surface area contributed by atoms with Gasteiger partial charge in [-0.2, -0.15) is 5.26 Å². The van der Waals surface area contributed by atoms with Crippen LogP contribution in [0.1, 0.15) is 26.3 Å². The first-order chi connectivity index (χ1) is 11.9. The number of nitrogens with zero attached hydrogens (tertiary/aromatic N) is 1. The molecule has 1 N–H and O–H groups in total. The fraction of sp³-hybridized carbons (Fsp3) is 0.227. The van der Waals surface area contributed by atoms with E-state index < -0.39 is 0 Å². The molecule has 0 radical (unpaired) electrons. The van der Waals surface area contributed by atoms with E-state index >= 15 is 0 Å². The quantitative estimate of drug-likeness (QED) is 0.680. The van der Waals surface area contributed by atoms with Crippen molar-refractivity contribution in [3.63, 3.8) is 0 Å². The van der Waals surface area contributed by atoms with Crippen molar-refractivity contribution < 1.29 is 4.74 Å². The summed E-state index contributed by atoms with van der Waals surface area (Å²) in [5, 5.41) is 14.9. The molecule has 0 bridgehead atoms. The molecule has 0 saturated heterocycles. The summed E-state index contributed by atoms with van der Waals surface area (Å²) in [7, 11) is 1.68. The van der Waals surface area contributed by atoms with Gasteiger partial charge < -0.3 is 10.1 Å². The van der Waals surface area contributed by atoms with Crippen molar-refractivity contribution in [1.29, 1.82) is 5.26 Å². The number of hydrogen-bond acceptors (Lipinski definition) is 3. The number of fused-ring (bicyclic) bond motifs is 1. The number of anilines is 1. The van der Waals surface area contributed by atoms with E-state index in [1.807, 2.05) is 36.4 Å². The predicted molar refractivity (Wildman–Crippen MR) is 104 cm³/mol. The molecule has 0 saturated carbocycles. The maximum atomic E-state index is 9.06. The van der Waals surface area contributed by atoms with Gasteiger partial charge in [0.1, 0.15) is 5.75 Å². The molecule has 3 aromatic rings. The van der Waals surface area contributed by atoms with E-state index in [1.54, 1.807) is 7.11 Å². The van der Waals surface area contributed by atoms with Gasteiger partial charge in [0.05, 0.1) is 18.7 Å². The fourth-order valence-corrected chi connectivity index (χ4v) is 2.97. The molecule has 0 aliphatic heterocycles. The maximum absolute atomic E-state index is 9.06. The predicted octanol–water partition coefficient (Wildman–Crippen LogP) is 5.60. The Morgan fingerprint density at radius 1 is 0.960 bits per heavy atom. The van der Waals surface area contributed by atoms with Gasteiger partial charge in [-0.25, -0.2) is 0 Å². The van der Waals surface area contributed by atoms with E-state index in [4.69, 9.17) is 10.00 Å². The van der Waals surface area contributed by atoms with Crippen LogP contribution in [-0.2, 0) is 0 Å². The van der Waals surface area contributed by atoms with Crippen molar-refractivity contribution in [2.75, 3.05) is 12.4 Å². The second kappa shape index (κ2) is 6.49. The molecular weight excluding hydrogens is 308 g/mol. The van der Waals surface area contributed by atoms with Crippen molar-refractivity contribution in [3.05, 3.63) is 60.2 Å². The van der Waals surface area contributed by atoms with E-state index in [9.17, 15) is 0 Å². The third kappa shape index (κ3) is 3.59. The molecule has 0 unspecified atom stereocenters. The summed E-state index contributed by atoms with van der Waals surface area (Å²) < 4.78 is 5.36. The van der Waals surface area contributed by atoms with Gasteiger partial charge in [-0.3, -0.25) is 0 Å². The summed E-state index contributed by atoms with van der Waals surface area (Å²) in [6.07, 6.45) is 0. The number of methoxy groups -OCH3 is 1. The standard InChI is InChI=1S/C22H22N2O/c1-22(2,3)24-20-12-9-17-13-18(25-4)10-11-19(17)21(20)16-7-5-15(14-23)6-8-16/h5-13,24H,1-4H3. The molecule has 0 atom stereocenters. The Kier molecular flexibility index (Phi) is 4.37. The third-order valence-electron chi connectivity index (χ3n) is 4.04. The number of ether oxygens (including phenoxy) is 1. The highest BCUT2D eigenvalue weighted by Gasteiger charge is 2.16. The van der Waals surface area contributed by atoms with E-state index in [1.165, 1.54) is 0 Å². The van der Waals surface area contributed by atoms with Crippen LogP contribution in [0, 0.1) is 11.3 Å². The fourth-order valence-electron chi connectivity index (χ4n) is 2.97. The van der Waals surface area contributed by atoms with Gasteiger partial charge >= 0.3 is 0 Å². The smallest absolute Gasteiger partial charge is 0.119 e. The largest absolute Gasteiger partial charge is 0.497 e. The lowest BCUT2D eigenvalue weighted by Gasteiger charge is -2.25. The molecule has 3 nitrogen and oxygen atoms in total. The molecule has 3 rings (SSSR count). The monoisotopic (exact) mass is 330 g/mol. The van der Waals surface area contributed by atoms with Gasteiger partial charge in [-0.1, -0.05) is 18.2 Å². The zero-order valence-corrected chi connectivity index (χ0v) is 15.1. The number of nitriles is 1. The minimum absolute atomic E-state index is 0.0541. The molecule has 0 aliphatic carbocycles. The van der Waals surface area contributed by atoms with E-state index in [-0.39, 0.29) is 5.54 Å². The Morgan fingerprint density at radius 3 is 2.28 bits per heavy atom. The van der Waals surface area contributed by atoms with Crippen molar-refractivity contribution in [2.45, 2.75) is 26.3 Å². The van der Waals surface area contributed by atoms with Crippen LogP contribution in [-0.4, -0.2) is 12.6 Å². The van der Waals surface area contributed by atoms with Crippen molar-refractivity contribution >= 4 is 16.5 Å². The van der Waals surface area contributed by atoms with E-state index in [0.717, 1.165) is 33.3 Å². The van der Waals surface area contributed by atoms with Gasteiger partial charge in [0.2, 0.25) is 0 Å². The molecule has 0 fully saturated rings. The number of hydrogen-bond donors (Lipinski definition) is 1. The highest BCUT2D eigenvalue weighted by molar-refractivity contribution is 6.03. The minimum atomic E-state index is -0.0541. The summed E-state index contributed by atoms with van der Waals surface area (Å²) >= 11 is 0. The van der Waals surface area contributed by atoms with Gasteiger partial charge in [0.25, 0.3) is 0 Å². The van der Waals surface area contributed by atoms with Crippen molar-refractivity contribution in [1.82, 2.24) is 0 Å². The Morgan fingerprint density at radius 2 is 1.68 bits per heavy atom. The molecule has 0 heterocycles. The molecule has 0 spiro atoms. The Balaban J connectivity index is 2.26. The van der Waals surface area contributed by atoms with Gasteiger partial charge in [-0.15, -0.1) is 0 Å². The van der Waals surface area contributed by atoms with Crippen LogP contribution in [0.2, 0.25) is 0 Å². The number of nitrogens with one attached hydrogen (secondary N) is 1. The lowest BCUT2D eigenvalue weighted by Crippen LogP contribution is -2.26. The Hall–Kier alpha value is -2.99. The van der Waals surface area contributed by atoms with Crippen LogP contribution in [0.15, 0.2) is 54.6 Å². The molecule has 0 aromatic heterocycles. The Bertz CT molecular complexity index is 945. The first-order valence-corrected chi connectivity index (χ1v) is 8.31. The maximum Gasteiger partial charge on any atom is 0.119 e. The van der Waals surface area contributed by atoms with Crippen LogP contribution >= 0.6 is 0 Å². The van der Waals surface area contributed by atoms with Crippen LogP contribution in [0.25, 0.3) is 21.9 Å². The molecule has 3 aromatic carbocycles. The van der Waals surface area contributed by atoms with Crippen LogP contribution in [0.5, 0.6) is 5.75 Å². The highest BCUT2D eigenvalue weighted by Crippen LogP contribution is 2.38. The highest BCUT2D eigenvalue weighted by atomic mass is 16.5. The van der Waals surface area contributed by atoms with Crippen molar-refractivity contribution in [3.8, 4) is 22.9 Å². The summed E-state index contributed by atoms with van der Waals surface area (Å²) in [5.41, 5.74) is 3.91. The first kappa shape index (κ1) is 16.9. The second-order valence-electron chi connectivity index (χ2n) is 7.14. The van der Waals surface area contributed by atoms with Crippen molar-refractivity contribution in [2.24, 2.45) is 0 Å². The van der Waals surface area contributed by atoms with Gasteiger partial charge in [0.15, 0.2) is 0 Å². The van der Waals surface area contributed by atoms with Gasteiger partial charge in [0, 0.05) is 16.8 Å². The SMILES string of the molecule is COc1ccc2c(-c3ccc(C#N)cc3)c(NC(C)(C)C)ccc2c1. The summed E-state index contributed by atoms with van der Waals surface area (Å²) in [5.74, 6) is 0.842. The second-order valence-corrected chi connectivity index (χ2v) is 7.14. The topological polar surface area (TPSA) is 45.0 Å². The van der Waals surface area contributed by atoms with Crippen LogP contribution in [0.3, 0.4) is 0 Å². The molecule has 0 amide bonds. The van der Waals surface area contributed by atoms with E-state index in [0.29, 0.717) is 5.56 Å². The summed E-state index contributed by atoms with van der Waals surface area (Å²) in [6, 6.07) is 20.3. The summed E-state index contributed by atoms with van der Waals surface area (Å²) in [6.45, 7) is 6.44. The molecular formula is C22H22N2O. The molecule has 25 heavy (non-hydrogen) atoms. The average Bonchev–Trinajstić information content (AvgIpc) is 2.60. The van der Waals surface area contributed by atoms with Crippen LogP contribution in [0.4, 0.5) is 5.69 Å². The van der Waals surface area contributed by atoms with E-state index in [2.05, 4.69) is 50.4 Å². The summed E-state index contributed by atoms with van der Waals surface area (Å²) in [4.78, 5) is 0. The number of rotatable bonds is 3. The first-order valence-electron chi connectivity index (χ1n) is 8.31. The number of benzene rings is 3. The third-order valence-corrected chi connectivity index (χ3v) is 4.04. The molecule has 0 aliphatic rings. The minimum Gasteiger partial charge on any atom is -0.497 e. The normalized spacial score (nSPS) is 11.2. The van der Waals surface area contributed by atoms with Gasteiger partial charge in [-0.05, 0) is 73.5 Å². The average molecular weight is 330 g/mol. The van der Waals surface area contributed by atoms with Crippen LogP contribution < -0.4 is 10.1 Å². The lowest BCUT2D eigenvalue weighted by molar-refractivity contribution is 0.415. The zero-order valence-electron chi connectivity index (χ0n) is 15.1.